The van der Waals surface area contributed by atoms with Gasteiger partial charge in [0.25, 0.3) is 0 Å². The van der Waals surface area contributed by atoms with Crippen molar-refractivity contribution in [2.75, 3.05) is 5.88 Å². The topological polar surface area (TPSA) is 17.8 Å². The smallest absolute Gasteiger partial charge is 0.111 e. The van der Waals surface area contributed by atoms with Gasteiger partial charge in [-0.15, -0.1) is 11.6 Å². The molecule has 1 aliphatic rings. The van der Waals surface area contributed by atoms with Crippen LogP contribution in [0.2, 0.25) is 0 Å². The zero-order valence-electron chi connectivity index (χ0n) is 9.90. The van der Waals surface area contributed by atoms with Gasteiger partial charge in [0.2, 0.25) is 0 Å². The van der Waals surface area contributed by atoms with E-state index in [1.54, 1.807) is 0 Å². The number of benzene rings is 1. The molecule has 1 heterocycles. The van der Waals surface area contributed by atoms with Crippen LogP contribution in [-0.2, 0) is 6.42 Å². The predicted octanol–water partition coefficient (Wildman–Crippen LogP) is 3.93. The van der Waals surface area contributed by atoms with E-state index in [1.807, 2.05) is 0 Å². The van der Waals surface area contributed by atoms with Crippen LogP contribution >= 0.6 is 11.6 Å². The van der Waals surface area contributed by atoms with E-state index in [4.69, 9.17) is 16.6 Å². The number of imidazole rings is 1. The Morgan fingerprint density at radius 2 is 2.00 bits per heavy atom. The van der Waals surface area contributed by atoms with E-state index in [0.717, 1.165) is 17.8 Å². The van der Waals surface area contributed by atoms with Crippen molar-refractivity contribution in [1.29, 1.82) is 0 Å². The molecule has 17 heavy (non-hydrogen) atoms. The molecule has 0 unspecified atom stereocenters. The number of halogens is 1. The van der Waals surface area contributed by atoms with Crippen molar-refractivity contribution in [1.82, 2.24) is 9.55 Å². The average molecular weight is 249 g/mol. The van der Waals surface area contributed by atoms with Gasteiger partial charge in [-0.2, -0.15) is 0 Å². The van der Waals surface area contributed by atoms with E-state index in [0.29, 0.717) is 11.9 Å². The van der Waals surface area contributed by atoms with Crippen LogP contribution in [-0.4, -0.2) is 15.4 Å². The zero-order valence-corrected chi connectivity index (χ0v) is 10.7. The van der Waals surface area contributed by atoms with Crippen molar-refractivity contribution in [2.45, 2.75) is 38.1 Å². The molecule has 2 nitrogen and oxygen atoms in total. The Bertz CT molecular complexity index is 512. The number of para-hydroxylation sites is 2. The highest BCUT2D eigenvalue weighted by Gasteiger charge is 2.21. The molecule has 0 saturated heterocycles. The molecule has 1 aromatic carbocycles. The summed E-state index contributed by atoms with van der Waals surface area (Å²) in [6.45, 7) is 0. The Morgan fingerprint density at radius 1 is 1.24 bits per heavy atom. The highest BCUT2D eigenvalue weighted by atomic mass is 35.5. The summed E-state index contributed by atoms with van der Waals surface area (Å²) in [5, 5.41) is 0. The standard InChI is InChI=1S/C14H17ClN2/c15-10-9-14-16-12-7-3-4-8-13(12)17(14)11-5-1-2-6-11/h3-4,7-8,11H,1-2,5-6,9-10H2. The summed E-state index contributed by atoms with van der Waals surface area (Å²) >= 11 is 5.89. The molecule has 3 heteroatoms. The van der Waals surface area contributed by atoms with E-state index in [-0.39, 0.29) is 0 Å². The van der Waals surface area contributed by atoms with E-state index >= 15 is 0 Å². The summed E-state index contributed by atoms with van der Waals surface area (Å²) in [5.41, 5.74) is 2.39. The molecule has 1 saturated carbocycles. The fourth-order valence-corrected chi connectivity index (χ4v) is 3.09. The van der Waals surface area contributed by atoms with Crippen LogP contribution < -0.4 is 0 Å². The number of aromatic nitrogens is 2. The minimum absolute atomic E-state index is 0.639. The molecule has 90 valence electrons. The highest BCUT2D eigenvalue weighted by molar-refractivity contribution is 6.17. The quantitative estimate of drug-likeness (QED) is 0.753. The maximum atomic E-state index is 5.89. The van der Waals surface area contributed by atoms with Crippen molar-refractivity contribution in [2.24, 2.45) is 0 Å². The summed E-state index contributed by atoms with van der Waals surface area (Å²) in [6, 6.07) is 9.07. The molecular formula is C14H17ClN2. The van der Waals surface area contributed by atoms with Crippen LogP contribution in [0.15, 0.2) is 24.3 Å². The second-order valence-electron chi connectivity index (χ2n) is 4.76. The maximum Gasteiger partial charge on any atom is 0.111 e. The third-order valence-corrected chi connectivity index (χ3v) is 3.87. The molecule has 0 N–H and O–H groups in total. The molecule has 0 bridgehead atoms. The molecule has 1 fully saturated rings. The van der Waals surface area contributed by atoms with Crippen molar-refractivity contribution in [3.63, 3.8) is 0 Å². The third-order valence-electron chi connectivity index (χ3n) is 3.68. The molecule has 0 radical (unpaired) electrons. The van der Waals surface area contributed by atoms with E-state index in [1.165, 1.54) is 31.2 Å². The van der Waals surface area contributed by atoms with Gasteiger partial charge in [-0.3, -0.25) is 0 Å². The van der Waals surface area contributed by atoms with Crippen molar-refractivity contribution in [3.8, 4) is 0 Å². The van der Waals surface area contributed by atoms with Gasteiger partial charge >= 0.3 is 0 Å². The number of fused-ring (bicyclic) bond motifs is 1. The Hall–Kier alpha value is -1.02. The summed E-state index contributed by atoms with van der Waals surface area (Å²) in [7, 11) is 0. The summed E-state index contributed by atoms with van der Waals surface area (Å²) in [6.07, 6.45) is 6.13. The molecule has 1 aliphatic carbocycles. The van der Waals surface area contributed by atoms with E-state index < -0.39 is 0 Å². The van der Waals surface area contributed by atoms with Crippen molar-refractivity contribution >= 4 is 22.6 Å². The number of aryl methyl sites for hydroxylation is 1. The minimum Gasteiger partial charge on any atom is -0.325 e. The molecule has 0 aliphatic heterocycles. The van der Waals surface area contributed by atoms with Crippen molar-refractivity contribution in [3.05, 3.63) is 30.1 Å². The first kappa shape index (κ1) is 11.1. The Kier molecular flexibility index (Phi) is 3.06. The largest absolute Gasteiger partial charge is 0.325 e. The number of alkyl halides is 1. The lowest BCUT2D eigenvalue weighted by molar-refractivity contribution is 0.513. The molecule has 0 spiro atoms. The molecule has 3 rings (SSSR count). The average Bonchev–Trinajstić information content (AvgIpc) is 2.94. The predicted molar refractivity (Wildman–Crippen MR) is 71.7 cm³/mol. The van der Waals surface area contributed by atoms with Gasteiger partial charge < -0.3 is 4.57 Å². The number of nitrogens with zero attached hydrogens (tertiary/aromatic N) is 2. The first-order valence-corrected chi connectivity index (χ1v) is 6.95. The van der Waals surface area contributed by atoms with E-state index in [2.05, 4.69) is 28.8 Å². The third kappa shape index (κ3) is 1.95. The molecule has 0 atom stereocenters. The normalized spacial score (nSPS) is 17.0. The lowest BCUT2D eigenvalue weighted by Crippen LogP contribution is -2.09. The van der Waals surface area contributed by atoms with Crippen LogP contribution in [0.5, 0.6) is 0 Å². The van der Waals surface area contributed by atoms with Gasteiger partial charge in [0.15, 0.2) is 0 Å². The second-order valence-corrected chi connectivity index (χ2v) is 5.14. The maximum absolute atomic E-state index is 5.89. The lowest BCUT2D eigenvalue weighted by Gasteiger charge is -2.15. The van der Waals surface area contributed by atoms with Crippen LogP contribution in [0.1, 0.15) is 37.5 Å². The summed E-state index contributed by atoms with van der Waals surface area (Å²) in [5.74, 6) is 1.81. The SMILES string of the molecule is ClCCc1nc2ccccc2n1C1CCCC1. The minimum atomic E-state index is 0.639. The lowest BCUT2D eigenvalue weighted by atomic mass is 10.2. The van der Waals surface area contributed by atoms with Gasteiger partial charge in [-0.25, -0.2) is 4.98 Å². The molecular weight excluding hydrogens is 232 g/mol. The Morgan fingerprint density at radius 3 is 2.76 bits per heavy atom. The van der Waals surface area contributed by atoms with E-state index in [9.17, 15) is 0 Å². The fourth-order valence-electron chi connectivity index (χ4n) is 2.93. The second kappa shape index (κ2) is 4.69. The zero-order chi connectivity index (χ0) is 11.7. The van der Waals surface area contributed by atoms with Gasteiger partial charge in [0.05, 0.1) is 11.0 Å². The monoisotopic (exact) mass is 248 g/mol. The van der Waals surface area contributed by atoms with Gasteiger partial charge in [-0.05, 0) is 25.0 Å². The molecule has 0 amide bonds. The Balaban J connectivity index is 2.13. The van der Waals surface area contributed by atoms with Gasteiger partial charge in [0.1, 0.15) is 5.82 Å². The summed E-state index contributed by atoms with van der Waals surface area (Å²) < 4.78 is 2.44. The fraction of sp³-hybridized carbons (Fsp3) is 0.500. The van der Waals surface area contributed by atoms with Crippen LogP contribution in [0.4, 0.5) is 0 Å². The molecule has 1 aromatic heterocycles. The van der Waals surface area contributed by atoms with Gasteiger partial charge in [0, 0.05) is 18.3 Å². The number of rotatable bonds is 3. The van der Waals surface area contributed by atoms with Crippen LogP contribution in [0, 0.1) is 0 Å². The van der Waals surface area contributed by atoms with Crippen molar-refractivity contribution < 1.29 is 0 Å². The first-order chi connectivity index (χ1) is 8.40. The number of hydrogen-bond acceptors (Lipinski definition) is 1. The van der Waals surface area contributed by atoms with Gasteiger partial charge in [-0.1, -0.05) is 25.0 Å². The van der Waals surface area contributed by atoms with Crippen LogP contribution in [0.3, 0.4) is 0 Å². The summed E-state index contributed by atoms with van der Waals surface area (Å²) in [4.78, 5) is 4.73. The first-order valence-electron chi connectivity index (χ1n) is 6.42. The highest BCUT2D eigenvalue weighted by Crippen LogP contribution is 2.33. The van der Waals surface area contributed by atoms with Crippen LogP contribution in [0.25, 0.3) is 11.0 Å². The molecule has 2 aromatic rings. The Labute approximate surface area is 107 Å². The number of hydrogen-bond donors (Lipinski definition) is 0.